The molecule has 0 spiro atoms. The molecular formula is C19H15N3+2. The molecular weight excluding hydrogens is 270 g/mol. The van der Waals surface area contributed by atoms with Crippen molar-refractivity contribution < 1.29 is 9.15 Å². The molecule has 0 fully saturated rings. The molecule has 0 radical (unpaired) electrons. The number of aromatic nitrogens is 1. The molecule has 0 N–H and O–H groups in total. The van der Waals surface area contributed by atoms with Crippen LogP contribution in [0.15, 0.2) is 72.8 Å². The average Bonchev–Trinajstić information content (AvgIpc) is 3.25. The van der Waals surface area contributed by atoms with Crippen molar-refractivity contribution in [3.63, 3.8) is 0 Å². The first kappa shape index (κ1) is 11.7. The van der Waals surface area contributed by atoms with E-state index in [0.717, 1.165) is 0 Å². The number of rotatable bonds is 2. The number of para-hydroxylation sites is 2. The molecule has 3 aromatic rings. The third-order valence-electron chi connectivity index (χ3n) is 4.36. The molecule has 2 aromatic carbocycles. The minimum Gasteiger partial charge on any atom is -0.212 e. The van der Waals surface area contributed by atoms with Crippen LogP contribution in [0.1, 0.15) is 17.7 Å². The fraction of sp³-hybridized carbons (Fsp3) is 0.0526. The summed E-state index contributed by atoms with van der Waals surface area (Å²) in [6.45, 7) is 0. The molecule has 22 heavy (non-hydrogen) atoms. The molecule has 0 atom stereocenters. The Hall–Kier alpha value is -2.94. The van der Waals surface area contributed by atoms with Gasteiger partial charge in [-0.1, -0.05) is 36.4 Å². The highest BCUT2D eigenvalue weighted by atomic mass is 15.4. The Morgan fingerprint density at radius 2 is 1.05 bits per heavy atom. The van der Waals surface area contributed by atoms with Gasteiger partial charge in [-0.2, -0.15) is 0 Å². The first-order chi connectivity index (χ1) is 10.9. The molecule has 1 aromatic heterocycles. The van der Waals surface area contributed by atoms with E-state index in [2.05, 4.69) is 98.9 Å². The third kappa shape index (κ3) is 1.51. The summed E-state index contributed by atoms with van der Waals surface area (Å²) in [5.41, 5.74) is 4.91. The highest BCUT2D eigenvalue weighted by Crippen LogP contribution is 2.35. The predicted octanol–water partition coefficient (Wildman–Crippen LogP) is 3.50. The summed E-state index contributed by atoms with van der Waals surface area (Å²) < 4.78 is 7.03. The highest BCUT2D eigenvalue weighted by molar-refractivity contribution is 5.84. The molecule has 3 nitrogen and oxygen atoms in total. The van der Waals surface area contributed by atoms with Gasteiger partial charge in [0.2, 0.25) is 23.8 Å². The van der Waals surface area contributed by atoms with Crippen molar-refractivity contribution in [2.45, 2.75) is 6.29 Å². The van der Waals surface area contributed by atoms with Gasteiger partial charge in [0.25, 0.3) is 0 Å². The molecule has 0 aliphatic carbocycles. The lowest BCUT2D eigenvalue weighted by Crippen LogP contribution is -2.22. The van der Waals surface area contributed by atoms with Crippen molar-refractivity contribution in [3.05, 3.63) is 84.2 Å². The summed E-state index contributed by atoms with van der Waals surface area (Å²) in [4.78, 5) is 0. The van der Waals surface area contributed by atoms with Crippen molar-refractivity contribution in [3.8, 4) is 0 Å². The maximum atomic E-state index is 2.38. The summed E-state index contributed by atoms with van der Waals surface area (Å²) >= 11 is 0. The average molecular weight is 285 g/mol. The molecule has 3 heterocycles. The molecule has 3 heteroatoms. The second kappa shape index (κ2) is 4.28. The lowest BCUT2D eigenvalue weighted by Gasteiger charge is -2.07. The van der Waals surface area contributed by atoms with E-state index in [1.54, 1.807) is 0 Å². The Labute approximate surface area is 128 Å². The minimum absolute atomic E-state index is 0.143. The molecule has 104 valence electrons. The van der Waals surface area contributed by atoms with Gasteiger partial charge in [0.1, 0.15) is 11.4 Å². The van der Waals surface area contributed by atoms with E-state index in [-0.39, 0.29) is 6.29 Å². The first-order valence-electron chi connectivity index (χ1n) is 7.49. The molecule has 0 saturated carbocycles. The normalized spacial score (nSPS) is 15.6. The van der Waals surface area contributed by atoms with Crippen molar-refractivity contribution in [2.75, 3.05) is 0 Å². The van der Waals surface area contributed by atoms with Gasteiger partial charge >= 0.3 is 6.29 Å². The van der Waals surface area contributed by atoms with E-state index < -0.39 is 0 Å². The summed E-state index contributed by atoms with van der Waals surface area (Å²) in [6.07, 6.45) is 4.60. The highest BCUT2D eigenvalue weighted by Gasteiger charge is 2.47. The van der Waals surface area contributed by atoms with Crippen LogP contribution in [0.25, 0.3) is 0 Å². The number of nitrogens with zero attached hydrogens (tertiary/aromatic N) is 3. The minimum atomic E-state index is 0.143. The van der Waals surface area contributed by atoms with Crippen LogP contribution in [0.2, 0.25) is 0 Å². The Morgan fingerprint density at radius 3 is 1.50 bits per heavy atom. The van der Waals surface area contributed by atoms with Crippen LogP contribution in [0.5, 0.6) is 0 Å². The molecule has 0 unspecified atom stereocenters. The summed E-state index contributed by atoms with van der Waals surface area (Å²) in [5, 5.41) is 0. The quantitative estimate of drug-likeness (QED) is 0.638. The molecule has 0 saturated heterocycles. The zero-order valence-corrected chi connectivity index (χ0v) is 12.0. The largest absolute Gasteiger partial charge is 0.445 e. The van der Waals surface area contributed by atoms with E-state index in [1.807, 2.05) is 0 Å². The van der Waals surface area contributed by atoms with E-state index in [1.165, 1.54) is 22.8 Å². The van der Waals surface area contributed by atoms with Crippen molar-refractivity contribution in [2.24, 2.45) is 0 Å². The molecule has 0 bridgehead atoms. The smallest absolute Gasteiger partial charge is 0.212 e. The molecule has 0 amide bonds. The lowest BCUT2D eigenvalue weighted by atomic mass is 10.3. The molecule has 2 aliphatic rings. The van der Waals surface area contributed by atoms with Gasteiger partial charge in [-0.05, 0) is 12.1 Å². The fourth-order valence-corrected chi connectivity index (χ4v) is 3.37. The fourth-order valence-electron chi connectivity index (χ4n) is 3.37. The van der Waals surface area contributed by atoms with E-state index in [0.29, 0.717) is 0 Å². The zero-order valence-electron chi connectivity index (χ0n) is 12.0. The van der Waals surface area contributed by atoms with Gasteiger partial charge in [-0.25, -0.2) is 4.57 Å². The Balaban J connectivity index is 1.70. The van der Waals surface area contributed by atoms with Crippen LogP contribution in [0, 0.1) is 0 Å². The lowest BCUT2D eigenvalue weighted by molar-refractivity contribution is -0.726. The second-order valence-corrected chi connectivity index (χ2v) is 5.64. The number of hydrogen-bond acceptors (Lipinski definition) is 0. The van der Waals surface area contributed by atoms with Crippen LogP contribution < -0.4 is 0 Å². The monoisotopic (exact) mass is 285 g/mol. The maximum Gasteiger partial charge on any atom is 0.445 e. The predicted molar refractivity (Wildman–Crippen MR) is 86.5 cm³/mol. The van der Waals surface area contributed by atoms with E-state index >= 15 is 0 Å². The van der Waals surface area contributed by atoms with Crippen LogP contribution in [-0.2, 0) is 0 Å². The standard InChI is InChI=1S/C19H15N3/c1-3-7-15(8-4-1)20-13-17-11-12-18-14-21(19(20)22(17)18)16-9-5-2-6-10-16/h1-14,19H/q+2. The van der Waals surface area contributed by atoms with Crippen molar-refractivity contribution >= 4 is 23.8 Å². The summed E-state index contributed by atoms with van der Waals surface area (Å²) in [5.74, 6) is 0. The third-order valence-corrected chi connectivity index (χ3v) is 4.36. The van der Waals surface area contributed by atoms with Gasteiger partial charge in [0.15, 0.2) is 0 Å². The number of hydrogen-bond donors (Lipinski definition) is 0. The van der Waals surface area contributed by atoms with Crippen LogP contribution in [0.4, 0.5) is 11.4 Å². The molecule has 5 rings (SSSR count). The van der Waals surface area contributed by atoms with Gasteiger partial charge in [0, 0.05) is 24.3 Å². The van der Waals surface area contributed by atoms with Gasteiger partial charge < -0.3 is 0 Å². The van der Waals surface area contributed by atoms with Crippen LogP contribution in [0.3, 0.4) is 0 Å². The van der Waals surface area contributed by atoms with Gasteiger partial charge in [-0.15, -0.1) is 9.15 Å². The van der Waals surface area contributed by atoms with Crippen LogP contribution >= 0.6 is 0 Å². The Morgan fingerprint density at radius 1 is 0.591 bits per heavy atom. The number of benzene rings is 2. The zero-order chi connectivity index (χ0) is 14.5. The topological polar surface area (TPSA) is 10.9 Å². The second-order valence-electron chi connectivity index (χ2n) is 5.64. The van der Waals surface area contributed by atoms with Gasteiger partial charge in [-0.3, -0.25) is 0 Å². The first-order valence-corrected chi connectivity index (χ1v) is 7.49. The van der Waals surface area contributed by atoms with Gasteiger partial charge in [0.05, 0.1) is 0 Å². The summed E-state index contributed by atoms with van der Waals surface area (Å²) in [7, 11) is 0. The van der Waals surface area contributed by atoms with E-state index in [9.17, 15) is 0 Å². The Kier molecular flexibility index (Phi) is 2.27. The SMILES string of the molecule is C1=[N+](c2ccccc2)C2n3c1ccc3C=[N+]2c1ccccc1. The molecule has 2 aliphatic heterocycles. The maximum absolute atomic E-state index is 2.38. The van der Waals surface area contributed by atoms with Crippen molar-refractivity contribution in [1.29, 1.82) is 0 Å². The Bertz CT molecular complexity index is 843. The van der Waals surface area contributed by atoms with Crippen LogP contribution in [-0.4, -0.2) is 26.1 Å². The summed E-state index contributed by atoms with van der Waals surface area (Å²) in [6, 6.07) is 25.5. The van der Waals surface area contributed by atoms with E-state index in [4.69, 9.17) is 0 Å². The van der Waals surface area contributed by atoms with Crippen molar-refractivity contribution in [1.82, 2.24) is 4.57 Å².